The molecule has 0 saturated carbocycles. The van der Waals surface area contributed by atoms with E-state index in [-0.39, 0.29) is 0 Å². The molecule has 0 unspecified atom stereocenters. The molecular formula is C22H46S27. The molecule has 0 aromatic carbocycles. The van der Waals surface area contributed by atoms with Crippen molar-refractivity contribution in [2.24, 2.45) is 0 Å². The minimum atomic E-state index is 1.17. The first kappa shape index (κ1) is 58.4. The molecule has 0 bridgehead atoms. The first-order chi connectivity index (χ1) is 24.4. The standard InChI is InChI=1S/C22H46S27/c1-24-6-4-2-3-5-7-25-8-9-34-47-49-48-44-22-41-31-15-14-30-40-21-43-46-42-20-39-29-13-12-28-36-18-35-26-10-11-27-37-19-38-32-16-17-33-45-23/h23H,2-22H2,1H3. The van der Waals surface area contributed by atoms with E-state index in [9.17, 15) is 0 Å². The lowest BCUT2D eigenvalue weighted by Crippen LogP contribution is -1.87. The summed E-state index contributed by atoms with van der Waals surface area (Å²) in [5, 5.41) is 5.88. The maximum absolute atomic E-state index is 4.14. The Labute approximate surface area is 408 Å². The normalized spacial score (nSPS) is 11.6. The smallest absolute Gasteiger partial charge is 0.0608 e. The van der Waals surface area contributed by atoms with Crippen LogP contribution in [0.4, 0.5) is 0 Å². The fraction of sp³-hybridized carbons (Fsp3) is 1.00. The van der Waals surface area contributed by atoms with Crippen molar-refractivity contribution < 1.29 is 0 Å². The lowest BCUT2D eigenvalue weighted by atomic mass is 10.2. The van der Waals surface area contributed by atoms with Gasteiger partial charge in [-0.15, -0.1) is 0 Å². The fourth-order valence-electron chi connectivity index (χ4n) is 2.23. The van der Waals surface area contributed by atoms with E-state index in [4.69, 9.17) is 0 Å². The third-order valence-electron chi connectivity index (χ3n) is 4.06. The number of thiol groups is 1. The van der Waals surface area contributed by atoms with Gasteiger partial charge in [0.05, 0.1) is 25.4 Å². The van der Waals surface area contributed by atoms with E-state index in [0.29, 0.717) is 0 Å². The summed E-state index contributed by atoms with van der Waals surface area (Å²) in [4.78, 5) is 0. The van der Waals surface area contributed by atoms with Gasteiger partial charge in [-0.2, -0.15) is 23.5 Å². The molecule has 49 heavy (non-hydrogen) atoms. The van der Waals surface area contributed by atoms with Crippen molar-refractivity contribution in [1.29, 1.82) is 0 Å². The Kier molecular flexibility index (Phi) is 68.5. The lowest BCUT2D eigenvalue weighted by molar-refractivity contribution is 0.711. The van der Waals surface area contributed by atoms with Crippen LogP contribution in [0.15, 0.2) is 0 Å². The molecule has 0 nitrogen and oxygen atoms in total. The molecule has 0 aliphatic heterocycles. The van der Waals surface area contributed by atoms with Gasteiger partial charge in [-0.3, -0.25) is 0 Å². The highest BCUT2D eigenvalue weighted by molar-refractivity contribution is 9.36. The molecule has 0 fully saturated rings. The van der Waals surface area contributed by atoms with Crippen LogP contribution >= 0.6 is 289 Å². The molecule has 0 aromatic rings. The lowest BCUT2D eigenvalue weighted by Gasteiger charge is -2.03. The molecule has 0 aliphatic carbocycles. The van der Waals surface area contributed by atoms with Gasteiger partial charge in [0, 0.05) is 57.5 Å². The molecule has 0 spiro atoms. The number of hydrogen-bond donors (Lipinski definition) is 1. The Bertz CT molecular complexity index is 525. The average molecular weight is 1180 g/mol. The zero-order valence-corrected chi connectivity index (χ0v) is 49.0. The quantitative estimate of drug-likeness (QED) is 0.0266. The van der Waals surface area contributed by atoms with E-state index < -0.39 is 0 Å². The first-order valence-corrected chi connectivity index (χ1v) is 47.9. The van der Waals surface area contributed by atoms with E-state index in [1.54, 1.807) is 9.83 Å². The zero-order chi connectivity index (χ0) is 35.2. The van der Waals surface area contributed by atoms with Crippen molar-refractivity contribution in [1.82, 2.24) is 0 Å². The highest BCUT2D eigenvalue weighted by atomic mass is 33.8. The summed E-state index contributed by atoms with van der Waals surface area (Å²) < 4.78 is 0. The number of hydrogen-bond acceptors (Lipinski definition) is 27. The predicted octanol–water partition coefficient (Wildman–Crippen LogP) is 19.7. The van der Waals surface area contributed by atoms with Crippen LogP contribution in [0.25, 0.3) is 0 Å². The van der Waals surface area contributed by atoms with Crippen LogP contribution in [0.1, 0.15) is 25.7 Å². The second-order valence-corrected chi connectivity index (χ2v) is 45.1. The molecule has 296 valence electrons. The van der Waals surface area contributed by atoms with Gasteiger partial charge in [0.1, 0.15) is 0 Å². The van der Waals surface area contributed by atoms with Gasteiger partial charge in [0.2, 0.25) is 0 Å². The van der Waals surface area contributed by atoms with Crippen LogP contribution < -0.4 is 0 Å². The van der Waals surface area contributed by atoms with Gasteiger partial charge in [-0.1, -0.05) is 230 Å². The van der Waals surface area contributed by atoms with E-state index in [1.807, 2.05) is 256 Å². The molecule has 27 heteroatoms. The summed E-state index contributed by atoms with van der Waals surface area (Å²) in [6.07, 6.45) is 7.84. The van der Waals surface area contributed by atoms with Gasteiger partial charge in [0.25, 0.3) is 0 Å². The van der Waals surface area contributed by atoms with Crippen LogP contribution in [0, 0.1) is 0 Å². The van der Waals surface area contributed by atoms with Crippen molar-refractivity contribution in [3.63, 3.8) is 0 Å². The molecular weight excluding hydrogens is 1130 g/mol. The Morgan fingerprint density at radius 2 is 0.653 bits per heavy atom. The summed E-state index contributed by atoms with van der Waals surface area (Å²) in [5.41, 5.74) is 0. The molecule has 0 N–H and O–H groups in total. The van der Waals surface area contributed by atoms with Gasteiger partial charge in [0.15, 0.2) is 0 Å². The Hall–Kier alpha value is 9.45. The van der Waals surface area contributed by atoms with E-state index in [1.165, 1.54) is 120 Å². The minimum Gasteiger partial charge on any atom is -0.165 e. The average Bonchev–Trinajstić information content (AvgIpc) is 3.11. The van der Waals surface area contributed by atoms with Crippen LogP contribution in [0.2, 0.25) is 0 Å². The van der Waals surface area contributed by atoms with Crippen molar-refractivity contribution in [2.75, 3.05) is 101 Å². The molecule has 0 atom stereocenters. The van der Waals surface area contributed by atoms with E-state index >= 15 is 0 Å². The molecule has 0 saturated heterocycles. The predicted molar refractivity (Wildman–Crippen MR) is 313 cm³/mol. The van der Waals surface area contributed by atoms with Gasteiger partial charge < -0.3 is 0 Å². The van der Waals surface area contributed by atoms with Crippen LogP contribution in [-0.2, 0) is 0 Å². The molecule has 0 heterocycles. The molecule has 0 radical (unpaired) electrons. The second-order valence-electron chi connectivity index (χ2n) is 7.53. The highest BCUT2D eigenvalue weighted by Crippen LogP contribution is 2.50. The maximum atomic E-state index is 4.14. The summed E-state index contributed by atoms with van der Waals surface area (Å²) in [5.74, 6) is 15.1. The van der Waals surface area contributed by atoms with E-state index in [0.717, 1.165) is 0 Å². The first-order valence-electron chi connectivity index (χ1n) is 14.3. The topological polar surface area (TPSA) is 0 Å². The van der Waals surface area contributed by atoms with Crippen LogP contribution in [0.5, 0.6) is 0 Å². The molecule has 0 amide bonds. The largest absolute Gasteiger partial charge is 0.165 e. The fourth-order valence-corrected chi connectivity index (χ4v) is 42.5. The van der Waals surface area contributed by atoms with E-state index in [2.05, 4.69) is 29.7 Å². The third kappa shape index (κ3) is 57.4. The highest BCUT2D eigenvalue weighted by Gasteiger charge is 2.00. The molecule has 0 aliphatic rings. The van der Waals surface area contributed by atoms with Crippen molar-refractivity contribution in [2.45, 2.75) is 25.7 Å². The van der Waals surface area contributed by atoms with Gasteiger partial charge >= 0.3 is 0 Å². The molecule has 0 aromatic heterocycles. The number of rotatable bonds is 46. The Balaban J connectivity index is 3.04. The Morgan fingerprint density at radius 3 is 1.10 bits per heavy atom. The summed E-state index contributed by atoms with van der Waals surface area (Å²) >= 11 is 8.25. The zero-order valence-electron chi connectivity index (χ0n) is 26.9. The molecule has 0 rings (SSSR count). The van der Waals surface area contributed by atoms with Gasteiger partial charge in [-0.25, -0.2) is 0 Å². The second kappa shape index (κ2) is 57.4. The SMILES string of the molecule is CSCCCCCCSCCSSSSSCSSCCSSCSSSCSSCCSSCSSCCSSCSSCCSSS. The monoisotopic (exact) mass is 1170 g/mol. The van der Waals surface area contributed by atoms with Crippen LogP contribution in [0.3, 0.4) is 0 Å². The number of thioether (sulfide) groups is 2. The maximum Gasteiger partial charge on any atom is 0.0608 e. The summed E-state index contributed by atoms with van der Waals surface area (Å²) in [7, 11) is 47.3. The summed E-state index contributed by atoms with van der Waals surface area (Å²) in [6.45, 7) is 0. The number of unbranched alkanes of at least 4 members (excludes halogenated alkanes) is 3. The van der Waals surface area contributed by atoms with Crippen LogP contribution in [-0.4, -0.2) is 101 Å². The third-order valence-corrected chi connectivity index (χ3v) is 43.0. The van der Waals surface area contributed by atoms with Gasteiger partial charge in [-0.05, 0) is 79.7 Å². The minimum absolute atomic E-state index is 1.17. The Morgan fingerprint density at radius 1 is 0.286 bits per heavy atom. The van der Waals surface area contributed by atoms with Crippen molar-refractivity contribution in [3.05, 3.63) is 0 Å². The van der Waals surface area contributed by atoms with Crippen molar-refractivity contribution >= 4 is 289 Å². The summed E-state index contributed by atoms with van der Waals surface area (Å²) in [6, 6.07) is 0. The van der Waals surface area contributed by atoms with Crippen molar-refractivity contribution in [3.8, 4) is 0 Å².